The van der Waals surface area contributed by atoms with E-state index in [-0.39, 0.29) is 69.8 Å². The normalized spacial score (nSPS) is 25.2. The second kappa shape index (κ2) is 22.9. The molecule has 1 aliphatic heterocycles. The highest BCUT2D eigenvalue weighted by molar-refractivity contribution is 6.03. The summed E-state index contributed by atoms with van der Waals surface area (Å²) in [7, 11) is 0. The standard InChI is InChI=1S/C48H69N3O9/c1-4-27-58-48-44(51(23-28-56-29-26-54)45(55)22-19-35-14-6-7-15-35)32-42(50-59-5-2)40-30-36(16-8-10-24-52)39(18-9-11-25-53)46(47(40)48)41-31-38(20-21-43(41)60-48)57-33-37-17-12-13-34(3)49-37/h4,12-13,17,20-21,30-31,35-36,39,44,46-47,52-54H,1,5-11,14-16,18-19,22-29,32-33H2,2-3H3/t36-,39+,44-,46+,47+,48+/m0/s1. The van der Waals surface area contributed by atoms with Crippen LogP contribution in [0.25, 0.3) is 0 Å². The number of rotatable bonds is 25. The molecule has 6 rings (SSSR count). The van der Waals surface area contributed by atoms with E-state index in [2.05, 4.69) is 23.7 Å². The molecule has 3 aliphatic carbocycles. The van der Waals surface area contributed by atoms with Crippen LogP contribution in [-0.4, -0.2) is 101 Å². The Morgan fingerprint density at radius 2 is 1.83 bits per heavy atom. The molecule has 1 aromatic heterocycles. The maximum Gasteiger partial charge on any atom is 0.239 e. The Hall–Kier alpha value is -3.81. The molecule has 330 valence electrons. The molecule has 2 fully saturated rings. The number of benzene rings is 1. The van der Waals surface area contributed by atoms with Gasteiger partial charge in [0, 0.05) is 49.8 Å². The molecular weight excluding hydrogens is 763 g/mol. The van der Waals surface area contributed by atoms with Crippen LogP contribution in [0.5, 0.6) is 11.5 Å². The van der Waals surface area contributed by atoms with Crippen molar-refractivity contribution in [3.8, 4) is 11.5 Å². The lowest BCUT2D eigenvalue weighted by atomic mass is 9.55. The van der Waals surface area contributed by atoms with Gasteiger partial charge < -0.3 is 44.0 Å². The van der Waals surface area contributed by atoms with Gasteiger partial charge in [0.15, 0.2) is 0 Å². The summed E-state index contributed by atoms with van der Waals surface area (Å²) in [5.41, 5.74) is 4.53. The van der Waals surface area contributed by atoms with E-state index in [4.69, 9.17) is 28.9 Å². The number of pyridine rings is 1. The molecule has 2 saturated carbocycles. The molecule has 2 heterocycles. The predicted molar refractivity (Wildman–Crippen MR) is 231 cm³/mol. The van der Waals surface area contributed by atoms with Crippen molar-refractivity contribution < 1.29 is 43.9 Å². The molecule has 1 amide bonds. The molecule has 3 N–H and O–H groups in total. The third-order valence-corrected chi connectivity index (χ3v) is 12.9. The van der Waals surface area contributed by atoms with Crippen LogP contribution in [0.1, 0.15) is 113 Å². The van der Waals surface area contributed by atoms with Crippen LogP contribution < -0.4 is 9.47 Å². The van der Waals surface area contributed by atoms with Crippen molar-refractivity contribution in [3.05, 3.63) is 77.7 Å². The maximum atomic E-state index is 14.8. The summed E-state index contributed by atoms with van der Waals surface area (Å²) >= 11 is 0. The molecule has 0 radical (unpaired) electrons. The Balaban J connectivity index is 1.52. The van der Waals surface area contributed by atoms with E-state index in [1.54, 1.807) is 6.08 Å². The molecule has 0 saturated heterocycles. The van der Waals surface area contributed by atoms with E-state index in [0.717, 1.165) is 73.2 Å². The Labute approximate surface area is 357 Å². The van der Waals surface area contributed by atoms with Gasteiger partial charge in [-0.2, -0.15) is 0 Å². The highest BCUT2D eigenvalue weighted by atomic mass is 16.7. The van der Waals surface area contributed by atoms with Gasteiger partial charge in [-0.1, -0.05) is 61.9 Å². The summed E-state index contributed by atoms with van der Waals surface area (Å²) in [5, 5.41) is 34.2. The summed E-state index contributed by atoms with van der Waals surface area (Å²) in [6, 6.07) is 11.3. The van der Waals surface area contributed by atoms with Crippen LogP contribution in [0.2, 0.25) is 0 Å². The van der Waals surface area contributed by atoms with E-state index in [1.807, 2.05) is 49.1 Å². The van der Waals surface area contributed by atoms with Crippen molar-refractivity contribution in [2.24, 2.45) is 28.8 Å². The number of hydrogen-bond donors (Lipinski definition) is 3. The number of aliphatic hydroxyl groups excluding tert-OH is 3. The molecule has 0 spiro atoms. The van der Waals surface area contributed by atoms with Crippen LogP contribution in [0, 0.1) is 30.6 Å². The fourth-order valence-electron chi connectivity index (χ4n) is 10.3. The van der Waals surface area contributed by atoms with Gasteiger partial charge in [-0.25, -0.2) is 0 Å². The molecule has 0 unspecified atom stereocenters. The second-order valence-electron chi connectivity index (χ2n) is 16.9. The molecule has 6 atom stereocenters. The number of aryl methyl sites for hydroxylation is 1. The number of fused-ring (bicyclic) bond motifs is 2. The van der Waals surface area contributed by atoms with Crippen molar-refractivity contribution in [1.29, 1.82) is 0 Å². The number of carbonyl (C=O) groups is 1. The number of nitrogens with zero attached hydrogens (tertiary/aromatic N) is 3. The zero-order valence-corrected chi connectivity index (χ0v) is 36.0. The number of oxime groups is 1. The molecule has 0 bridgehead atoms. The maximum absolute atomic E-state index is 14.8. The molecule has 60 heavy (non-hydrogen) atoms. The lowest BCUT2D eigenvalue weighted by Gasteiger charge is -2.60. The van der Waals surface area contributed by atoms with Gasteiger partial charge in [-0.3, -0.25) is 9.78 Å². The monoisotopic (exact) mass is 832 g/mol. The smallest absolute Gasteiger partial charge is 0.239 e. The first kappa shape index (κ1) is 45.7. The third-order valence-electron chi connectivity index (χ3n) is 12.9. The number of ether oxygens (including phenoxy) is 4. The first-order valence-electron chi connectivity index (χ1n) is 22.6. The van der Waals surface area contributed by atoms with Crippen LogP contribution in [-0.2, 0) is 25.7 Å². The number of aromatic nitrogens is 1. The van der Waals surface area contributed by atoms with Gasteiger partial charge in [-0.15, -0.1) is 6.58 Å². The summed E-state index contributed by atoms with van der Waals surface area (Å²) in [5.74, 6) is 0.221. The van der Waals surface area contributed by atoms with Crippen molar-refractivity contribution >= 4 is 11.6 Å². The van der Waals surface area contributed by atoms with Crippen molar-refractivity contribution in [2.45, 2.75) is 122 Å². The lowest BCUT2D eigenvalue weighted by Crippen LogP contribution is -2.70. The van der Waals surface area contributed by atoms with Crippen LogP contribution in [0.15, 0.2) is 65.9 Å². The first-order chi connectivity index (χ1) is 29.4. The highest BCUT2D eigenvalue weighted by Crippen LogP contribution is 2.62. The topological polar surface area (TPSA) is 152 Å². The fraction of sp³-hybridized carbons (Fsp3) is 0.646. The number of unbranched alkanes of at least 4 members (excludes halogenated alkanes) is 2. The number of aliphatic hydroxyl groups is 3. The van der Waals surface area contributed by atoms with Crippen LogP contribution in [0.4, 0.5) is 0 Å². The zero-order valence-electron chi connectivity index (χ0n) is 36.0. The number of amides is 1. The van der Waals surface area contributed by atoms with E-state index in [1.165, 1.54) is 12.8 Å². The quantitative estimate of drug-likeness (QED) is 0.0524. The van der Waals surface area contributed by atoms with Crippen LogP contribution >= 0.6 is 0 Å². The average molecular weight is 832 g/mol. The molecule has 12 nitrogen and oxygen atoms in total. The molecule has 4 aliphatic rings. The molecular formula is C48H69N3O9. The van der Waals surface area contributed by atoms with E-state index in [9.17, 15) is 20.1 Å². The van der Waals surface area contributed by atoms with Gasteiger partial charge in [0.05, 0.1) is 43.8 Å². The summed E-state index contributed by atoms with van der Waals surface area (Å²) in [6.07, 6.45) is 15.1. The summed E-state index contributed by atoms with van der Waals surface area (Å²) in [6.45, 7) is 9.62. The Kier molecular flexibility index (Phi) is 17.4. The van der Waals surface area contributed by atoms with Gasteiger partial charge in [-0.05, 0) is 99.6 Å². The van der Waals surface area contributed by atoms with Gasteiger partial charge in [0.2, 0.25) is 11.7 Å². The minimum Gasteiger partial charge on any atom is -0.487 e. The fourth-order valence-corrected chi connectivity index (χ4v) is 10.3. The van der Waals surface area contributed by atoms with Crippen molar-refractivity contribution in [2.75, 3.05) is 52.8 Å². The predicted octanol–water partition coefficient (Wildman–Crippen LogP) is 7.43. The Morgan fingerprint density at radius 1 is 1.03 bits per heavy atom. The number of carbonyl (C=O) groups excluding carboxylic acids is 1. The second-order valence-corrected chi connectivity index (χ2v) is 16.9. The molecule has 2 aromatic rings. The van der Waals surface area contributed by atoms with Crippen LogP contribution in [0.3, 0.4) is 0 Å². The molecule has 1 aromatic carbocycles. The van der Waals surface area contributed by atoms with Gasteiger partial charge >= 0.3 is 0 Å². The van der Waals surface area contributed by atoms with Gasteiger partial charge in [0.25, 0.3) is 0 Å². The lowest BCUT2D eigenvalue weighted by molar-refractivity contribution is -0.258. The van der Waals surface area contributed by atoms with Crippen molar-refractivity contribution in [1.82, 2.24) is 9.88 Å². The number of allylic oxidation sites excluding steroid dienone is 1. The summed E-state index contributed by atoms with van der Waals surface area (Å²) in [4.78, 5) is 27.3. The van der Waals surface area contributed by atoms with E-state index >= 15 is 0 Å². The SMILES string of the molecule is C=CCO[C@@]12Oc3ccc(OCc4cccc(C)n4)cc3[C@H]3[C@H](CCCCO)[C@@H](CCCCO)C=C(C(=NOCC)C[C@@H]1N(CCOCCO)C(=O)CCC1CCCC1)[C@H]32. The molecule has 12 heteroatoms. The highest BCUT2D eigenvalue weighted by Gasteiger charge is 2.65. The minimum atomic E-state index is -1.35. The third kappa shape index (κ3) is 11.0. The largest absolute Gasteiger partial charge is 0.487 e. The van der Waals surface area contributed by atoms with Gasteiger partial charge in [0.1, 0.15) is 30.8 Å². The first-order valence-corrected chi connectivity index (χ1v) is 22.6. The van der Waals surface area contributed by atoms with E-state index in [0.29, 0.717) is 56.3 Å². The van der Waals surface area contributed by atoms with E-state index < -0.39 is 17.7 Å². The average Bonchev–Trinajstić information content (AvgIpc) is 3.79. The zero-order chi connectivity index (χ0) is 42.3. The Morgan fingerprint density at radius 3 is 2.57 bits per heavy atom. The summed E-state index contributed by atoms with van der Waals surface area (Å²) < 4.78 is 26.8. The number of hydrogen-bond acceptors (Lipinski definition) is 11. The minimum absolute atomic E-state index is 0.0147. The van der Waals surface area contributed by atoms with Crippen molar-refractivity contribution in [3.63, 3.8) is 0 Å². The Bertz CT molecular complexity index is 1740.